The van der Waals surface area contributed by atoms with Gasteiger partial charge in [0.25, 0.3) is 0 Å². The molecule has 80 valence electrons. The maximum absolute atomic E-state index is 10.2. The lowest BCUT2D eigenvalue weighted by atomic mass is 9.95. The summed E-state index contributed by atoms with van der Waals surface area (Å²) in [7, 11) is 0. The Morgan fingerprint density at radius 1 is 0.857 bits per heavy atom. The van der Waals surface area contributed by atoms with Crippen LogP contribution in [-0.2, 0) is 9.47 Å². The van der Waals surface area contributed by atoms with Gasteiger partial charge in [-0.3, -0.25) is 0 Å². The van der Waals surface area contributed by atoms with Crippen LogP contribution in [0.4, 0.5) is 9.59 Å². The van der Waals surface area contributed by atoms with Crippen molar-refractivity contribution in [2.75, 3.05) is 0 Å². The van der Waals surface area contributed by atoms with Gasteiger partial charge in [-0.15, -0.1) is 0 Å². The third-order valence-corrected chi connectivity index (χ3v) is 2.16. The van der Waals surface area contributed by atoms with Gasteiger partial charge in [-0.2, -0.15) is 0 Å². The van der Waals surface area contributed by atoms with E-state index in [1.165, 1.54) is 0 Å². The maximum Gasteiger partial charge on any atom is 0.506 e. The van der Waals surface area contributed by atoms with Crippen molar-refractivity contribution in [3.8, 4) is 0 Å². The van der Waals surface area contributed by atoms with E-state index in [9.17, 15) is 9.59 Å². The van der Waals surface area contributed by atoms with Crippen LogP contribution in [0.15, 0.2) is 0 Å². The molecule has 0 unspecified atom stereocenters. The first-order valence-corrected chi connectivity index (χ1v) is 4.37. The molecular weight excluding hydrogens is 192 g/mol. The second-order valence-corrected chi connectivity index (χ2v) is 3.17. The second-order valence-electron chi connectivity index (χ2n) is 3.17. The molecule has 2 N–H and O–H groups in total. The van der Waals surface area contributed by atoms with Gasteiger partial charge < -0.3 is 19.7 Å². The minimum absolute atomic E-state index is 0.318. The molecule has 1 aliphatic rings. The van der Waals surface area contributed by atoms with Gasteiger partial charge in [-0.25, -0.2) is 9.59 Å². The van der Waals surface area contributed by atoms with Crippen LogP contribution in [0, 0.1) is 0 Å². The molecule has 0 atom stereocenters. The highest BCUT2D eigenvalue weighted by molar-refractivity contribution is 5.57. The van der Waals surface area contributed by atoms with Crippen LogP contribution in [0.2, 0.25) is 0 Å². The molecule has 6 heteroatoms. The zero-order valence-electron chi connectivity index (χ0n) is 7.51. The van der Waals surface area contributed by atoms with Gasteiger partial charge in [0.15, 0.2) is 0 Å². The molecule has 0 amide bonds. The largest absolute Gasteiger partial charge is 0.506 e. The predicted molar refractivity (Wildman–Crippen MR) is 44.3 cm³/mol. The van der Waals surface area contributed by atoms with Gasteiger partial charge in [-0.05, 0) is 25.7 Å². The number of carbonyl (C=O) groups is 2. The topological polar surface area (TPSA) is 93.1 Å². The van der Waals surface area contributed by atoms with Crippen LogP contribution < -0.4 is 0 Å². The predicted octanol–water partition coefficient (Wildman–Crippen LogP) is 1.69. The molecule has 0 heterocycles. The zero-order chi connectivity index (χ0) is 10.6. The number of hydrogen-bond acceptors (Lipinski definition) is 4. The van der Waals surface area contributed by atoms with Crippen LogP contribution in [0.1, 0.15) is 25.7 Å². The molecular formula is C8H12O6. The third kappa shape index (κ3) is 3.51. The molecule has 0 spiro atoms. The van der Waals surface area contributed by atoms with E-state index in [-0.39, 0.29) is 12.2 Å². The standard InChI is InChI=1S/C8H12O6/c9-7(10)13-5-1-2-6(4-3-5)14-8(11)12/h5-6H,1-4H2,(H,9,10)(H,11,12)/t5-,6+. The van der Waals surface area contributed by atoms with E-state index in [0.29, 0.717) is 25.7 Å². The first kappa shape index (κ1) is 10.6. The van der Waals surface area contributed by atoms with E-state index >= 15 is 0 Å². The van der Waals surface area contributed by atoms with Gasteiger partial charge in [0.05, 0.1) is 0 Å². The Morgan fingerprint density at radius 3 is 1.36 bits per heavy atom. The molecule has 0 aromatic heterocycles. The van der Waals surface area contributed by atoms with Crippen molar-refractivity contribution in [3.63, 3.8) is 0 Å². The summed E-state index contributed by atoms with van der Waals surface area (Å²) in [6, 6.07) is 0. The Kier molecular flexibility index (Phi) is 3.55. The minimum atomic E-state index is -1.28. The van der Waals surface area contributed by atoms with E-state index < -0.39 is 12.3 Å². The van der Waals surface area contributed by atoms with Gasteiger partial charge in [0.1, 0.15) is 12.2 Å². The summed E-state index contributed by atoms with van der Waals surface area (Å²) in [5.41, 5.74) is 0. The summed E-state index contributed by atoms with van der Waals surface area (Å²) in [4.78, 5) is 20.4. The van der Waals surface area contributed by atoms with Crippen molar-refractivity contribution in [3.05, 3.63) is 0 Å². The van der Waals surface area contributed by atoms with Crippen LogP contribution >= 0.6 is 0 Å². The summed E-state index contributed by atoms with van der Waals surface area (Å²) in [5, 5.41) is 16.7. The van der Waals surface area contributed by atoms with Gasteiger partial charge >= 0.3 is 12.3 Å². The zero-order valence-corrected chi connectivity index (χ0v) is 7.51. The quantitative estimate of drug-likeness (QED) is 0.665. The Hall–Kier alpha value is -1.46. The monoisotopic (exact) mass is 204 g/mol. The van der Waals surface area contributed by atoms with Crippen LogP contribution in [0.5, 0.6) is 0 Å². The molecule has 0 aromatic rings. The average molecular weight is 204 g/mol. The Bertz CT molecular complexity index is 194. The van der Waals surface area contributed by atoms with Crippen molar-refractivity contribution in [2.24, 2.45) is 0 Å². The first-order valence-electron chi connectivity index (χ1n) is 4.37. The summed E-state index contributed by atoms with van der Waals surface area (Å²) in [5.74, 6) is 0. The van der Waals surface area contributed by atoms with Gasteiger partial charge in [0.2, 0.25) is 0 Å². The van der Waals surface area contributed by atoms with E-state index in [1.807, 2.05) is 0 Å². The molecule has 14 heavy (non-hydrogen) atoms. The molecule has 1 aliphatic carbocycles. The molecule has 0 aliphatic heterocycles. The van der Waals surface area contributed by atoms with E-state index in [0.717, 1.165) is 0 Å². The third-order valence-electron chi connectivity index (χ3n) is 2.16. The normalized spacial score (nSPS) is 26.6. The minimum Gasteiger partial charge on any atom is -0.450 e. The van der Waals surface area contributed by atoms with Crippen molar-refractivity contribution >= 4 is 12.3 Å². The Balaban J connectivity index is 2.24. The van der Waals surface area contributed by atoms with Gasteiger partial charge in [0, 0.05) is 0 Å². The molecule has 0 aromatic carbocycles. The highest BCUT2D eigenvalue weighted by Crippen LogP contribution is 2.23. The second kappa shape index (κ2) is 4.69. The van der Waals surface area contributed by atoms with Crippen molar-refractivity contribution < 1.29 is 29.3 Å². The molecule has 0 saturated heterocycles. The molecule has 1 fully saturated rings. The molecule has 0 bridgehead atoms. The maximum atomic E-state index is 10.2. The molecule has 0 radical (unpaired) electrons. The van der Waals surface area contributed by atoms with Gasteiger partial charge in [-0.1, -0.05) is 0 Å². The summed E-state index contributed by atoms with van der Waals surface area (Å²) in [6.45, 7) is 0. The Morgan fingerprint density at radius 2 is 1.14 bits per heavy atom. The fourth-order valence-corrected chi connectivity index (χ4v) is 1.55. The summed E-state index contributed by atoms with van der Waals surface area (Å²) < 4.78 is 9.12. The molecule has 1 rings (SSSR count). The lowest BCUT2D eigenvalue weighted by molar-refractivity contribution is -0.00911. The number of hydrogen-bond donors (Lipinski definition) is 2. The molecule has 1 saturated carbocycles. The number of carboxylic acid groups (broad SMARTS) is 2. The Labute approximate surface area is 80.4 Å². The summed E-state index contributed by atoms with van der Waals surface area (Å²) >= 11 is 0. The van der Waals surface area contributed by atoms with Crippen molar-refractivity contribution in [2.45, 2.75) is 37.9 Å². The fraction of sp³-hybridized carbons (Fsp3) is 0.750. The molecule has 6 nitrogen and oxygen atoms in total. The highest BCUT2D eigenvalue weighted by atomic mass is 16.7. The lowest BCUT2D eigenvalue weighted by Crippen LogP contribution is -2.29. The van der Waals surface area contributed by atoms with E-state index in [4.69, 9.17) is 10.2 Å². The van der Waals surface area contributed by atoms with Crippen molar-refractivity contribution in [1.82, 2.24) is 0 Å². The van der Waals surface area contributed by atoms with Crippen LogP contribution in [-0.4, -0.2) is 34.7 Å². The van der Waals surface area contributed by atoms with Crippen LogP contribution in [0.3, 0.4) is 0 Å². The van der Waals surface area contributed by atoms with Crippen molar-refractivity contribution in [1.29, 1.82) is 0 Å². The van der Waals surface area contributed by atoms with E-state index in [2.05, 4.69) is 9.47 Å². The fourth-order valence-electron chi connectivity index (χ4n) is 1.55. The summed E-state index contributed by atoms with van der Waals surface area (Å²) in [6.07, 6.45) is -1.13. The smallest absolute Gasteiger partial charge is 0.450 e. The van der Waals surface area contributed by atoms with E-state index in [1.54, 1.807) is 0 Å². The lowest BCUT2D eigenvalue weighted by Gasteiger charge is -2.26. The SMILES string of the molecule is O=C(O)O[C@H]1CC[C@@H](OC(=O)O)CC1. The van der Waals surface area contributed by atoms with Crippen LogP contribution in [0.25, 0.3) is 0 Å². The first-order chi connectivity index (χ1) is 6.58. The number of ether oxygens (including phenoxy) is 2. The highest BCUT2D eigenvalue weighted by Gasteiger charge is 2.25. The average Bonchev–Trinajstić information content (AvgIpc) is 2.06. The number of rotatable bonds is 2.